The molecular formula is C15H16F3N3O4. The van der Waals surface area contributed by atoms with Crippen LogP contribution in [0.15, 0.2) is 18.3 Å². The van der Waals surface area contributed by atoms with Crippen molar-refractivity contribution >= 4 is 11.6 Å². The topological polar surface area (TPSA) is 65.3 Å². The van der Waals surface area contributed by atoms with E-state index in [0.29, 0.717) is 13.2 Å². The Morgan fingerprint density at radius 3 is 2.72 bits per heavy atom. The van der Waals surface area contributed by atoms with Crippen molar-refractivity contribution in [2.45, 2.75) is 12.5 Å². The van der Waals surface area contributed by atoms with Crippen LogP contribution in [0.2, 0.25) is 0 Å². The SMILES string of the molecule is COc1cccn2c(C(=O)N(C)CC3OCCO3)c(C(F)(F)F)nc12. The van der Waals surface area contributed by atoms with Crippen LogP contribution < -0.4 is 4.74 Å². The Morgan fingerprint density at radius 2 is 2.12 bits per heavy atom. The minimum absolute atomic E-state index is 0.00727. The number of halogens is 3. The van der Waals surface area contributed by atoms with Gasteiger partial charge < -0.3 is 19.1 Å². The number of ether oxygens (including phenoxy) is 3. The monoisotopic (exact) mass is 359 g/mol. The molecule has 0 radical (unpaired) electrons. The lowest BCUT2D eigenvalue weighted by Gasteiger charge is -2.20. The van der Waals surface area contributed by atoms with E-state index in [0.717, 1.165) is 9.30 Å². The van der Waals surface area contributed by atoms with Gasteiger partial charge >= 0.3 is 6.18 Å². The number of nitrogens with zero attached hydrogens (tertiary/aromatic N) is 3. The molecule has 7 nitrogen and oxygen atoms in total. The van der Waals surface area contributed by atoms with Crippen molar-refractivity contribution in [3.63, 3.8) is 0 Å². The molecule has 0 bridgehead atoms. The number of pyridine rings is 1. The van der Waals surface area contributed by atoms with Gasteiger partial charge in [-0.2, -0.15) is 13.2 Å². The standard InChI is InChI=1S/C15H16F3N3O4/c1-20(8-10-24-6-7-25-10)14(22)11-12(15(16,17)18)19-13-9(23-2)4-3-5-21(11)13/h3-5,10H,6-8H2,1-2H3. The molecule has 1 amide bonds. The summed E-state index contributed by atoms with van der Waals surface area (Å²) in [7, 11) is 2.70. The Hall–Kier alpha value is -2.33. The third-order valence-electron chi connectivity index (χ3n) is 3.77. The number of fused-ring (bicyclic) bond motifs is 1. The van der Waals surface area contributed by atoms with Crippen molar-refractivity contribution in [3.8, 4) is 5.75 Å². The van der Waals surface area contributed by atoms with E-state index in [-0.39, 0.29) is 17.9 Å². The van der Waals surface area contributed by atoms with Crippen LogP contribution in [-0.4, -0.2) is 60.4 Å². The number of likely N-dealkylation sites (N-methyl/N-ethyl adjacent to an activating group) is 1. The highest BCUT2D eigenvalue weighted by atomic mass is 19.4. The summed E-state index contributed by atoms with van der Waals surface area (Å²) in [5, 5.41) is 0. The van der Waals surface area contributed by atoms with Crippen molar-refractivity contribution < 1.29 is 32.2 Å². The molecule has 1 fully saturated rings. The Bertz CT molecular complexity index is 784. The number of methoxy groups -OCH3 is 1. The van der Waals surface area contributed by atoms with Gasteiger partial charge in [0.05, 0.1) is 26.9 Å². The summed E-state index contributed by atoms with van der Waals surface area (Å²) in [6.45, 7) is 0.772. The van der Waals surface area contributed by atoms with Crippen LogP contribution in [-0.2, 0) is 15.7 Å². The average molecular weight is 359 g/mol. The van der Waals surface area contributed by atoms with Gasteiger partial charge in [0.1, 0.15) is 5.69 Å². The van der Waals surface area contributed by atoms with Gasteiger partial charge in [-0.1, -0.05) is 0 Å². The Kier molecular flexibility index (Phi) is 4.56. The van der Waals surface area contributed by atoms with Crippen molar-refractivity contribution in [2.24, 2.45) is 0 Å². The molecular weight excluding hydrogens is 343 g/mol. The summed E-state index contributed by atoms with van der Waals surface area (Å²) in [5.74, 6) is -0.704. The zero-order valence-electron chi connectivity index (χ0n) is 13.5. The highest BCUT2D eigenvalue weighted by Gasteiger charge is 2.41. The maximum Gasteiger partial charge on any atom is 0.435 e. The number of amides is 1. The fourth-order valence-corrected chi connectivity index (χ4v) is 2.60. The minimum Gasteiger partial charge on any atom is -0.493 e. The van der Waals surface area contributed by atoms with Gasteiger partial charge in [-0.3, -0.25) is 9.20 Å². The highest BCUT2D eigenvalue weighted by Crippen LogP contribution is 2.34. The van der Waals surface area contributed by atoms with E-state index in [1.807, 2.05) is 0 Å². The molecule has 10 heteroatoms. The van der Waals surface area contributed by atoms with Gasteiger partial charge in [-0.15, -0.1) is 0 Å². The lowest BCUT2D eigenvalue weighted by Crippen LogP contribution is -2.36. The summed E-state index contributed by atoms with van der Waals surface area (Å²) < 4.78 is 56.8. The lowest BCUT2D eigenvalue weighted by molar-refractivity contribution is -0.141. The predicted molar refractivity (Wildman–Crippen MR) is 79.4 cm³/mol. The van der Waals surface area contributed by atoms with Crippen molar-refractivity contribution in [1.82, 2.24) is 14.3 Å². The Balaban J connectivity index is 2.05. The average Bonchev–Trinajstić information content (AvgIpc) is 3.20. The largest absolute Gasteiger partial charge is 0.493 e. The maximum absolute atomic E-state index is 13.4. The zero-order valence-corrected chi connectivity index (χ0v) is 13.5. The maximum atomic E-state index is 13.4. The second-order valence-corrected chi connectivity index (χ2v) is 5.43. The quantitative estimate of drug-likeness (QED) is 0.833. The van der Waals surface area contributed by atoms with Gasteiger partial charge in [0.2, 0.25) is 0 Å². The fraction of sp³-hybridized carbons (Fsp3) is 0.467. The lowest BCUT2D eigenvalue weighted by atomic mass is 10.2. The molecule has 25 heavy (non-hydrogen) atoms. The molecule has 1 aliphatic rings. The third kappa shape index (κ3) is 3.27. The molecule has 0 saturated carbocycles. The van der Waals surface area contributed by atoms with Crippen molar-refractivity contribution in [3.05, 3.63) is 29.7 Å². The first-order valence-corrected chi connectivity index (χ1v) is 7.44. The number of hydrogen-bond acceptors (Lipinski definition) is 5. The molecule has 0 unspecified atom stereocenters. The molecule has 1 aliphatic heterocycles. The molecule has 0 spiro atoms. The van der Waals surface area contributed by atoms with E-state index in [1.54, 1.807) is 0 Å². The van der Waals surface area contributed by atoms with Gasteiger partial charge in [0, 0.05) is 13.2 Å². The summed E-state index contributed by atoms with van der Waals surface area (Å²) in [6, 6.07) is 2.95. The second-order valence-electron chi connectivity index (χ2n) is 5.43. The Labute approximate surface area is 140 Å². The first-order valence-electron chi connectivity index (χ1n) is 7.44. The van der Waals surface area contributed by atoms with E-state index in [2.05, 4.69) is 4.98 Å². The molecule has 0 aliphatic carbocycles. The van der Waals surface area contributed by atoms with Crippen LogP contribution in [0.3, 0.4) is 0 Å². The second kappa shape index (κ2) is 6.52. The van der Waals surface area contributed by atoms with E-state index in [9.17, 15) is 18.0 Å². The molecule has 3 heterocycles. The molecule has 3 rings (SSSR count). The molecule has 0 atom stereocenters. The first-order chi connectivity index (χ1) is 11.8. The van der Waals surface area contributed by atoms with Crippen LogP contribution in [0.5, 0.6) is 5.75 Å². The first kappa shape index (κ1) is 17.5. The molecule has 2 aromatic rings. The number of carbonyl (C=O) groups is 1. The molecule has 0 aromatic carbocycles. The number of carbonyl (C=O) groups excluding carboxylic acids is 1. The summed E-state index contributed by atoms with van der Waals surface area (Å²) in [5.41, 5.74) is -1.92. The van der Waals surface area contributed by atoms with E-state index < -0.39 is 29.8 Å². The zero-order chi connectivity index (χ0) is 18.2. The number of imidazole rings is 1. The van der Waals surface area contributed by atoms with E-state index in [1.165, 1.54) is 32.5 Å². The van der Waals surface area contributed by atoms with Gasteiger partial charge in [0.15, 0.2) is 23.4 Å². The van der Waals surface area contributed by atoms with Crippen LogP contribution in [0.25, 0.3) is 5.65 Å². The van der Waals surface area contributed by atoms with Crippen LogP contribution >= 0.6 is 0 Å². The van der Waals surface area contributed by atoms with Crippen LogP contribution in [0.4, 0.5) is 13.2 Å². The minimum atomic E-state index is -4.79. The fourth-order valence-electron chi connectivity index (χ4n) is 2.60. The summed E-state index contributed by atoms with van der Waals surface area (Å²) >= 11 is 0. The Morgan fingerprint density at radius 1 is 1.44 bits per heavy atom. The normalized spacial score (nSPS) is 15.7. The number of alkyl halides is 3. The van der Waals surface area contributed by atoms with E-state index in [4.69, 9.17) is 14.2 Å². The number of aromatic nitrogens is 2. The summed E-state index contributed by atoms with van der Waals surface area (Å²) in [6.07, 6.45) is -4.11. The van der Waals surface area contributed by atoms with Gasteiger partial charge in [0.25, 0.3) is 5.91 Å². The predicted octanol–water partition coefficient (Wildman–Crippen LogP) is 1.81. The molecule has 136 valence electrons. The number of hydrogen-bond donors (Lipinski definition) is 0. The van der Waals surface area contributed by atoms with Gasteiger partial charge in [-0.05, 0) is 12.1 Å². The molecule has 1 saturated heterocycles. The van der Waals surface area contributed by atoms with E-state index >= 15 is 0 Å². The van der Waals surface area contributed by atoms with Crippen LogP contribution in [0.1, 0.15) is 16.2 Å². The smallest absolute Gasteiger partial charge is 0.435 e. The van der Waals surface area contributed by atoms with Crippen molar-refractivity contribution in [2.75, 3.05) is 33.9 Å². The third-order valence-corrected chi connectivity index (χ3v) is 3.77. The number of rotatable bonds is 4. The van der Waals surface area contributed by atoms with Gasteiger partial charge in [-0.25, -0.2) is 4.98 Å². The summed E-state index contributed by atoms with van der Waals surface area (Å²) in [4.78, 5) is 17.4. The highest BCUT2D eigenvalue weighted by molar-refractivity contribution is 5.95. The van der Waals surface area contributed by atoms with Crippen LogP contribution in [0, 0.1) is 0 Å². The molecule has 0 N–H and O–H groups in total. The van der Waals surface area contributed by atoms with Crippen molar-refractivity contribution in [1.29, 1.82) is 0 Å². The molecule has 2 aromatic heterocycles.